The number of alkyl halides is 1. The molecule has 0 fully saturated rings. The maximum Gasteiger partial charge on any atom is 0.212 e. The van der Waals surface area contributed by atoms with Gasteiger partial charge >= 0.3 is 0 Å². The second-order valence-corrected chi connectivity index (χ2v) is 6.23. The van der Waals surface area contributed by atoms with Crippen molar-refractivity contribution in [3.05, 3.63) is 80.9 Å². The average Bonchev–Trinajstić information content (AvgIpc) is 2.52. The summed E-state index contributed by atoms with van der Waals surface area (Å²) in [7, 11) is 0. The van der Waals surface area contributed by atoms with Crippen molar-refractivity contribution in [3.63, 3.8) is 0 Å². The highest BCUT2D eigenvalue weighted by Crippen LogP contribution is 2.28. The van der Waals surface area contributed by atoms with Crippen LogP contribution in [0.25, 0.3) is 0 Å². The Morgan fingerprint density at radius 3 is 2.27 bits per heavy atom. The van der Waals surface area contributed by atoms with E-state index in [1.54, 1.807) is 48.5 Å². The maximum absolute atomic E-state index is 12.5. The molecular weight excluding hydrogens is 370 g/mol. The number of nitro groups is 1. The minimum absolute atomic E-state index is 0.202. The smallest absolute Gasteiger partial charge is 0.212 e. The summed E-state index contributed by atoms with van der Waals surface area (Å²) in [5.41, 5.74) is 1.22. The van der Waals surface area contributed by atoms with E-state index in [9.17, 15) is 14.9 Å². The van der Waals surface area contributed by atoms with Gasteiger partial charge in [0.2, 0.25) is 6.54 Å². The third-order valence-electron chi connectivity index (χ3n) is 3.31. The zero-order valence-corrected chi connectivity index (χ0v) is 13.8. The fourth-order valence-electron chi connectivity index (χ4n) is 2.18. The molecule has 114 valence electrons. The van der Waals surface area contributed by atoms with Gasteiger partial charge in [-0.3, -0.25) is 14.9 Å². The van der Waals surface area contributed by atoms with Crippen LogP contribution in [0.1, 0.15) is 21.8 Å². The monoisotopic (exact) mass is 381 g/mol. The lowest BCUT2D eigenvalue weighted by Crippen LogP contribution is -2.28. The number of ketones is 1. The number of halogens is 2. The van der Waals surface area contributed by atoms with Crippen molar-refractivity contribution < 1.29 is 9.72 Å². The average molecular weight is 383 g/mol. The van der Waals surface area contributed by atoms with Crippen LogP contribution >= 0.6 is 27.5 Å². The largest absolute Gasteiger partial charge is 0.293 e. The van der Waals surface area contributed by atoms with Crippen LogP contribution in [-0.4, -0.2) is 22.1 Å². The molecule has 6 heteroatoms. The first-order chi connectivity index (χ1) is 10.5. The van der Waals surface area contributed by atoms with Crippen molar-refractivity contribution in [2.24, 2.45) is 0 Å². The van der Waals surface area contributed by atoms with E-state index in [1.807, 2.05) is 6.07 Å². The minimum Gasteiger partial charge on any atom is -0.293 e. The standard InChI is InChI=1S/C16H13BrClNO3/c17-15(16(20)12-6-8-13(18)9-7-12)14(10-19(21)22)11-4-2-1-3-5-11/h1-9,14-15H,10H2/t14-,15+/m0/s1. The van der Waals surface area contributed by atoms with Crippen LogP contribution in [0.2, 0.25) is 5.02 Å². The predicted octanol–water partition coefficient (Wildman–Crippen LogP) is 4.35. The first-order valence-corrected chi connectivity index (χ1v) is 7.89. The molecule has 0 saturated heterocycles. The van der Waals surface area contributed by atoms with Crippen molar-refractivity contribution in [2.45, 2.75) is 10.7 Å². The second-order valence-electron chi connectivity index (χ2n) is 4.81. The number of Topliss-reactive ketones (excluding diaryl/α,β-unsaturated/α-hetero) is 1. The number of nitrogens with zero attached hydrogens (tertiary/aromatic N) is 1. The zero-order valence-electron chi connectivity index (χ0n) is 11.5. The van der Waals surface area contributed by atoms with E-state index >= 15 is 0 Å². The van der Waals surface area contributed by atoms with Gasteiger partial charge in [-0.1, -0.05) is 57.9 Å². The van der Waals surface area contributed by atoms with E-state index in [0.29, 0.717) is 10.6 Å². The maximum atomic E-state index is 12.5. The van der Waals surface area contributed by atoms with E-state index in [-0.39, 0.29) is 12.3 Å². The highest BCUT2D eigenvalue weighted by molar-refractivity contribution is 9.10. The van der Waals surface area contributed by atoms with Crippen molar-refractivity contribution in [3.8, 4) is 0 Å². The third-order valence-corrected chi connectivity index (χ3v) is 4.61. The summed E-state index contributed by atoms with van der Waals surface area (Å²) in [5, 5.41) is 11.5. The van der Waals surface area contributed by atoms with Crippen molar-refractivity contribution in [1.82, 2.24) is 0 Å². The minimum atomic E-state index is -0.679. The summed E-state index contributed by atoms with van der Waals surface area (Å²) in [6.07, 6.45) is 0. The van der Waals surface area contributed by atoms with Gasteiger partial charge in [0.05, 0.1) is 10.7 Å². The predicted molar refractivity (Wildman–Crippen MR) is 89.5 cm³/mol. The highest BCUT2D eigenvalue weighted by atomic mass is 79.9. The Morgan fingerprint density at radius 1 is 1.14 bits per heavy atom. The Kier molecular flexibility index (Phi) is 5.69. The number of hydrogen-bond donors (Lipinski definition) is 0. The summed E-state index contributed by atoms with van der Waals surface area (Å²) in [6.45, 7) is -0.320. The van der Waals surface area contributed by atoms with Crippen LogP contribution in [-0.2, 0) is 0 Å². The Hall–Kier alpha value is -1.72. The quantitative estimate of drug-likeness (QED) is 0.323. The Bertz CT molecular complexity index is 661. The summed E-state index contributed by atoms with van der Waals surface area (Å²) in [5.74, 6) is -0.744. The van der Waals surface area contributed by atoms with Gasteiger partial charge < -0.3 is 0 Å². The first kappa shape index (κ1) is 16.6. The van der Waals surface area contributed by atoms with E-state index in [0.717, 1.165) is 5.56 Å². The number of carbonyl (C=O) groups excluding carboxylic acids is 1. The molecule has 4 nitrogen and oxygen atoms in total. The van der Waals surface area contributed by atoms with Gasteiger partial charge in [0, 0.05) is 15.5 Å². The molecule has 0 radical (unpaired) electrons. The molecule has 2 aromatic rings. The molecule has 0 spiro atoms. The van der Waals surface area contributed by atoms with Crippen LogP contribution in [0.15, 0.2) is 54.6 Å². The van der Waals surface area contributed by atoms with Crippen molar-refractivity contribution in [1.29, 1.82) is 0 Å². The molecule has 0 N–H and O–H groups in total. The Labute approximate surface area is 141 Å². The number of benzene rings is 2. The Morgan fingerprint density at radius 2 is 1.73 bits per heavy atom. The molecule has 0 aromatic heterocycles. The van der Waals surface area contributed by atoms with Gasteiger partial charge in [-0.25, -0.2) is 0 Å². The van der Waals surface area contributed by atoms with Crippen molar-refractivity contribution in [2.75, 3.05) is 6.54 Å². The van der Waals surface area contributed by atoms with E-state index in [4.69, 9.17) is 11.6 Å². The van der Waals surface area contributed by atoms with Gasteiger partial charge in [0.1, 0.15) is 0 Å². The number of hydrogen-bond acceptors (Lipinski definition) is 3. The third kappa shape index (κ3) is 4.15. The van der Waals surface area contributed by atoms with Gasteiger partial charge in [0.15, 0.2) is 5.78 Å². The topological polar surface area (TPSA) is 60.2 Å². The van der Waals surface area contributed by atoms with Gasteiger partial charge in [-0.2, -0.15) is 0 Å². The molecule has 0 aliphatic carbocycles. The SMILES string of the molecule is O=C(c1ccc(Cl)cc1)[C@H](Br)[C@@H](C[N+](=O)[O-])c1ccccc1. The van der Waals surface area contributed by atoms with Crippen LogP contribution in [0.3, 0.4) is 0 Å². The molecule has 0 amide bonds. The molecule has 2 rings (SSSR count). The summed E-state index contributed by atoms with van der Waals surface area (Å²) in [6, 6.07) is 15.5. The Balaban J connectivity index is 2.28. The molecule has 0 bridgehead atoms. The molecule has 22 heavy (non-hydrogen) atoms. The lowest BCUT2D eigenvalue weighted by atomic mass is 9.91. The molecule has 0 aliphatic rings. The fraction of sp³-hybridized carbons (Fsp3) is 0.188. The van der Waals surface area contributed by atoms with Gasteiger partial charge in [-0.05, 0) is 29.8 Å². The number of carbonyl (C=O) groups is 1. The highest BCUT2D eigenvalue weighted by Gasteiger charge is 2.31. The fourth-order valence-corrected chi connectivity index (χ4v) is 3.05. The lowest BCUT2D eigenvalue weighted by molar-refractivity contribution is -0.483. The number of rotatable bonds is 6. The zero-order chi connectivity index (χ0) is 16.1. The van der Waals surface area contributed by atoms with E-state index in [1.165, 1.54) is 0 Å². The molecule has 0 saturated carbocycles. The van der Waals surface area contributed by atoms with Gasteiger partial charge in [-0.15, -0.1) is 0 Å². The van der Waals surface area contributed by atoms with Crippen LogP contribution < -0.4 is 0 Å². The van der Waals surface area contributed by atoms with Gasteiger partial charge in [0.25, 0.3) is 0 Å². The van der Waals surface area contributed by atoms with Crippen LogP contribution in [0.4, 0.5) is 0 Å². The van der Waals surface area contributed by atoms with Crippen LogP contribution in [0, 0.1) is 10.1 Å². The molecule has 0 unspecified atom stereocenters. The summed E-state index contributed by atoms with van der Waals surface area (Å²) < 4.78 is 0. The molecular formula is C16H13BrClNO3. The van der Waals surface area contributed by atoms with E-state index < -0.39 is 15.7 Å². The normalized spacial score (nSPS) is 13.4. The molecule has 2 aromatic carbocycles. The van der Waals surface area contributed by atoms with E-state index in [2.05, 4.69) is 15.9 Å². The molecule has 0 aliphatic heterocycles. The second kappa shape index (κ2) is 7.51. The lowest BCUT2D eigenvalue weighted by Gasteiger charge is -2.18. The van der Waals surface area contributed by atoms with Crippen molar-refractivity contribution >= 4 is 33.3 Å². The summed E-state index contributed by atoms with van der Waals surface area (Å²) in [4.78, 5) is 22.4. The summed E-state index contributed by atoms with van der Waals surface area (Å²) >= 11 is 9.15. The molecule has 2 atom stereocenters. The first-order valence-electron chi connectivity index (χ1n) is 6.59. The molecule has 0 heterocycles. The van der Waals surface area contributed by atoms with Crippen LogP contribution in [0.5, 0.6) is 0 Å².